The van der Waals surface area contributed by atoms with Crippen LogP contribution in [0.5, 0.6) is 0 Å². The molecule has 0 fully saturated rings. The van der Waals surface area contributed by atoms with Crippen molar-refractivity contribution in [1.29, 1.82) is 0 Å². The molecule has 4 heteroatoms. The maximum atomic E-state index is 11.1. The Morgan fingerprint density at radius 3 is 2.73 bits per heavy atom. The van der Waals surface area contributed by atoms with Gasteiger partial charge in [0.1, 0.15) is 4.49 Å². The van der Waals surface area contributed by atoms with Gasteiger partial charge in [-0.3, -0.25) is 4.79 Å². The van der Waals surface area contributed by atoms with Gasteiger partial charge in [0.15, 0.2) is 5.78 Å². The molecule has 0 atom stereocenters. The molecule has 0 saturated heterocycles. The number of allylic oxidation sites excluding steroid dienone is 1. The fourth-order valence-electron chi connectivity index (χ4n) is 0.589. The average Bonchev–Trinajstić information content (AvgIpc) is 2.35. The number of halogens is 2. The van der Waals surface area contributed by atoms with Gasteiger partial charge < -0.3 is 0 Å². The second-order valence-corrected chi connectivity index (χ2v) is 3.73. The zero-order valence-corrected chi connectivity index (χ0v) is 7.71. The summed E-state index contributed by atoms with van der Waals surface area (Å²) in [5.41, 5.74) is 0. The fourth-order valence-corrected chi connectivity index (χ4v) is 1.42. The quantitative estimate of drug-likeness (QED) is 0.537. The summed E-state index contributed by atoms with van der Waals surface area (Å²) < 4.78 is -0.0107. The van der Waals surface area contributed by atoms with Crippen LogP contribution in [-0.4, -0.2) is 5.78 Å². The van der Waals surface area contributed by atoms with Crippen molar-refractivity contribution in [3.63, 3.8) is 0 Å². The third-order valence-corrected chi connectivity index (χ3v) is 2.11. The summed E-state index contributed by atoms with van der Waals surface area (Å²) in [6.45, 7) is 0. The summed E-state index contributed by atoms with van der Waals surface area (Å²) in [7, 11) is 0. The van der Waals surface area contributed by atoms with Crippen molar-refractivity contribution < 1.29 is 4.79 Å². The lowest BCUT2D eigenvalue weighted by Crippen LogP contribution is -1.88. The minimum Gasteiger partial charge on any atom is -0.288 e. The third kappa shape index (κ3) is 2.66. The van der Waals surface area contributed by atoms with Gasteiger partial charge in [-0.15, -0.1) is 11.3 Å². The van der Waals surface area contributed by atoms with Crippen molar-refractivity contribution in [2.24, 2.45) is 0 Å². The van der Waals surface area contributed by atoms with E-state index in [-0.39, 0.29) is 10.3 Å². The molecule has 0 aliphatic rings. The van der Waals surface area contributed by atoms with Gasteiger partial charge in [-0.1, -0.05) is 29.3 Å². The highest BCUT2D eigenvalue weighted by atomic mass is 35.5. The lowest BCUT2D eigenvalue weighted by Gasteiger charge is -1.85. The zero-order chi connectivity index (χ0) is 8.27. The summed E-state index contributed by atoms with van der Waals surface area (Å²) in [6.07, 6.45) is 1.19. The first kappa shape index (κ1) is 8.78. The van der Waals surface area contributed by atoms with E-state index in [9.17, 15) is 4.79 Å². The summed E-state index contributed by atoms with van der Waals surface area (Å²) in [4.78, 5) is 11.7. The van der Waals surface area contributed by atoms with E-state index in [1.807, 2.05) is 5.38 Å². The summed E-state index contributed by atoms with van der Waals surface area (Å²) in [5.74, 6) is -0.153. The number of ketones is 1. The Labute approximate surface area is 78.2 Å². The van der Waals surface area contributed by atoms with E-state index in [1.165, 1.54) is 17.4 Å². The van der Waals surface area contributed by atoms with Crippen molar-refractivity contribution in [2.45, 2.75) is 0 Å². The highest BCUT2D eigenvalue weighted by molar-refractivity contribution is 7.12. The van der Waals surface area contributed by atoms with Gasteiger partial charge in [0.25, 0.3) is 0 Å². The van der Waals surface area contributed by atoms with Crippen molar-refractivity contribution >= 4 is 40.3 Å². The summed E-state index contributed by atoms with van der Waals surface area (Å²) >= 11 is 12.0. The molecule has 11 heavy (non-hydrogen) atoms. The molecule has 0 unspecified atom stereocenters. The zero-order valence-electron chi connectivity index (χ0n) is 5.38. The maximum Gasteiger partial charge on any atom is 0.198 e. The number of carbonyl (C=O) groups is 1. The number of hydrogen-bond donors (Lipinski definition) is 0. The smallest absolute Gasteiger partial charge is 0.198 e. The molecule has 58 valence electrons. The van der Waals surface area contributed by atoms with Crippen molar-refractivity contribution in [2.75, 3.05) is 0 Å². The minimum absolute atomic E-state index is 0.0107. The van der Waals surface area contributed by atoms with Gasteiger partial charge in [0.05, 0.1) is 4.88 Å². The average molecular weight is 207 g/mol. The van der Waals surface area contributed by atoms with E-state index in [1.54, 1.807) is 12.1 Å². The van der Waals surface area contributed by atoms with Crippen molar-refractivity contribution in [3.8, 4) is 0 Å². The summed E-state index contributed by atoms with van der Waals surface area (Å²) in [6, 6.07) is 3.52. The molecule has 1 aromatic rings. The van der Waals surface area contributed by atoms with Crippen LogP contribution in [0.25, 0.3) is 0 Å². The Morgan fingerprint density at radius 2 is 2.27 bits per heavy atom. The molecule has 0 spiro atoms. The van der Waals surface area contributed by atoms with E-state index < -0.39 is 0 Å². The van der Waals surface area contributed by atoms with Crippen LogP contribution < -0.4 is 0 Å². The van der Waals surface area contributed by atoms with Crippen LogP contribution in [0.4, 0.5) is 0 Å². The first-order valence-electron chi connectivity index (χ1n) is 2.80. The number of thiophene rings is 1. The van der Waals surface area contributed by atoms with Crippen LogP contribution in [0.3, 0.4) is 0 Å². The largest absolute Gasteiger partial charge is 0.288 e. The lowest BCUT2D eigenvalue weighted by atomic mass is 10.3. The molecule has 1 rings (SSSR count). The van der Waals surface area contributed by atoms with E-state index in [0.717, 1.165) is 0 Å². The molecule has 0 saturated carbocycles. The molecule has 1 nitrogen and oxygen atoms in total. The number of hydrogen-bond acceptors (Lipinski definition) is 2. The predicted molar refractivity (Wildman–Crippen MR) is 48.4 cm³/mol. The van der Waals surface area contributed by atoms with E-state index in [4.69, 9.17) is 23.2 Å². The van der Waals surface area contributed by atoms with Gasteiger partial charge in [0, 0.05) is 6.08 Å². The third-order valence-electron chi connectivity index (χ3n) is 1.00. The molecule has 0 bridgehead atoms. The molecule has 0 aliphatic heterocycles. The number of rotatable bonds is 2. The van der Waals surface area contributed by atoms with Gasteiger partial charge in [-0.05, 0) is 11.4 Å². The van der Waals surface area contributed by atoms with Crippen LogP contribution in [0.2, 0.25) is 0 Å². The molecular formula is C7H4Cl2OS. The molecule has 1 aromatic heterocycles. The van der Waals surface area contributed by atoms with Gasteiger partial charge in [-0.25, -0.2) is 0 Å². The second kappa shape index (κ2) is 3.90. The Morgan fingerprint density at radius 1 is 1.55 bits per heavy atom. The van der Waals surface area contributed by atoms with Gasteiger partial charge in [-0.2, -0.15) is 0 Å². The Bertz CT molecular complexity index is 273. The molecule has 0 radical (unpaired) electrons. The first-order chi connectivity index (χ1) is 5.20. The Balaban J connectivity index is 2.80. The highest BCUT2D eigenvalue weighted by Gasteiger charge is 2.02. The Kier molecular flexibility index (Phi) is 3.12. The second-order valence-electron chi connectivity index (χ2n) is 1.78. The standard InChI is InChI=1S/C7H4Cl2OS/c8-7(9)4-5(10)6-2-1-3-11-6/h1-4H. The van der Waals surface area contributed by atoms with E-state index in [0.29, 0.717) is 4.88 Å². The van der Waals surface area contributed by atoms with Crippen molar-refractivity contribution in [1.82, 2.24) is 0 Å². The maximum absolute atomic E-state index is 11.1. The van der Waals surface area contributed by atoms with Crippen LogP contribution in [0, 0.1) is 0 Å². The van der Waals surface area contributed by atoms with Crippen LogP contribution in [-0.2, 0) is 0 Å². The molecule has 0 N–H and O–H groups in total. The van der Waals surface area contributed by atoms with Gasteiger partial charge in [0.2, 0.25) is 0 Å². The predicted octanol–water partition coefficient (Wildman–Crippen LogP) is 3.25. The molecule has 0 aromatic carbocycles. The monoisotopic (exact) mass is 206 g/mol. The normalized spacial score (nSPS) is 9.27. The van der Waals surface area contributed by atoms with E-state index >= 15 is 0 Å². The van der Waals surface area contributed by atoms with Crippen LogP contribution >= 0.6 is 34.5 Å². The lowest BCUT2D eigenvalue weighted by molar-refractivity contribution is 0.105. The van der Waals surface area contributed by atoms with Crippen LogP contribution in [0.1, 0.15) is 9.67 Å². The highest BCUT2D eigenvalue weighted by Crippen LogP contribution is 2.13. The molecule has 0 aliphatic carbocycles. The SMILES string of the molecule is O=C(C=C(Cl)Cl)c1cccs1. The topological polar surface area (TPSA) is 17.1 Å². The van der Waals surface area contributed by atoms with Crippen LogP contribution in [0.15, 0.2) is 28.1 Å². The molecule has 0 amide bonds. The minimum atomic E-state index is -0.153. The van der Waals surface area contributed by atoms with E-state index in [2.05, 4.69) is 0 Å². The number of carbonyl (C=O) groups excluding carboxylic acids is 1. The summed E-state index contributed by atoms with van der Waals surface area (Å²) in [5, 5.41) is 1.82. The Hall–Kier alpha value is -0.310. The fraction of sp³-hybridized carbons (Fsp3) is 0. The molecule has 1 heterocycles. The first-order valence-corrected chi connectivity index (χ1v) is 4.44. The van der Waals surface area contributed by atoms with Crippen molar-refractivity contribution in [3.05, 3.63) is 33.0 Å². The van der Waals surface area contributed by atoms with Gasteiger partial charge >= 0.3 is 0 Å². The molecular weight excluding hydrogens is 203 g/mol.